The number of hydrogen-bond donors (Lipinski definition) is 3. The lowest BCUT2D eigenvalue weighted by molar-refractivity contribution is -0.0956. The molecular formula is C29H36O6Si. The van der Waals surface area contributed by atoms with Crippen molar-refractivity contribution in [2.24, 2.45) is 23.7 Å². The van der Waals surface area contributed by atoms with Crippen molar-refractivity contribution in [3.8, 4) is 23.0 Å². The molecule has 0 amide bonds. The molecule has 0 heterocycles. The number of benzene rings is 1. The molecule has 5 aliphatic rings. The fourth-order valence-electron chi connectivity index (χ4n) is 6.54. The van der Waals surface area contributed by atoms with Gasteiger partial charge in [-0.1, -0.05) is 37.7 Å². The van der Waals surface area contributed by atoms with Gasteiger partial charge in [0.1, 0.15) is 25.2 Å². The van der Waals surface area contributed by atoms with Gasteiger partial charge >= 0.3 is 0 Å². The number of Topliss-reactive ketones (excluding diaryl/α,β-unsaturated/α-hetero) is 2. The van der Waals surface area contributed by atoms with Crippen LogP contribution in [0, 0.1) is 35.1 Å². The monoisotopic (exact) mass is 508 g/mol. The van der Waals surface area contributed by atoms with E-state index >= 15 is 0 Å². The van der Waals surface area contributed by atoms with Crippen LogP contribution in [-0.2, 0) is 11.2 Å². The van der Waals surface area contributed by atoms with Crippen molar-refractivity contribution in [2.45, 2.75) is 83.4 Å². The average molecular weight is 509 g/mol. The van der Waals surface area contributed by atoms with Crippen LogP contribution in [0.25, 0.3) is 0 Å². The molecule has 1 fully saturated rings. The number of ether oxygens (including phenoxy) is 1. The van der Waals surface area contributed by atoms with E-state index in [1.54, 1.807) is 0 Å². The van der Waals surface area contributed by atoms with Crippen molar-refractivity contribution in [1.29, 1.82) is 0 Å². The van der Waals surface area contributed by atoms with Crippen LogP contribution in [0.2, 0.25) is 19.6 Å². The van der Waals surface area contributed by atoms with Crippen molar-refractivity contribution >= 4 is 19.6 Å². The number of allylic oxidation sites excluding steroid dienone is 2. The molecule has 5 aliphatic carbocycles. The van der Waals surface area contributed by atoms with Gasteiger partial charge in [0.2, 0.25) is 0 Å². The molecule has 2 bridgehead atoms. The lowest BCUT2D eigenvalue weighted by Crippen LogP contribution is -2.49. The molecule has 7 heteroatoms. The maximum Gasteiger partial charge on any atom is 0.171 e. The topological polar surface area (TPSA) is 104 Å². The molecule has 0 spiro atoms. The van der Waals surface area contributed by atoms with E-state index in [1.807, 2.05) is 32.9 Å². The lowest BCUT2D eigenvalue weighted by Gasteiger charge is -2.46. The van der Waals surface area contributed by atoms with Gasteiger partial charge in [0, 0.05) is 35.8 Å². The molecule has 1 aromatic carbocycles. The van der Waals surface area contributed by atoms with Crippen LogP contribution >= 0.6 is 0 Å². The SMILES string of the molecule is CC(C)(C)OC1CC(O)(C#C[Si](C)(C)C)Cc2c(O)c3c(c(O)c21)C(=O)C1C2C=CC(CC2)C1C3=O. The Kier molecular flexibility index (Phi) is 5.64. The second-order valence-corrected chi connectivity index (χ2v) is 17.8. The number of fused-ring (bicyclic) bond motifs is 3. The summed E-state index contributed by atoms with van der Waals surface area (Å²) in [6.45, 7) is 11.8. The lowest BCUT2D eigenvalue weighted by atomic mass is 9.55. The number of aliphatic hydroxyl groups is 1. The summed E-state index contributed by atoms with van der Waals surface area (Å²) < 4.78 is 6.28. The minimum absolute atomic E-state index is 0.0364. The van der Waals surface area contributed by atoms with Gasteiger partial charge in [-0.2, -0.15) is 0 Å². The molecule has 6 nitrogen and oxygen atoms in total. The number of hydrogen-bond acceptors (Lipinski definition) is 6. The van der Waals surface area contributed by atoms with Gasteiger partial charge in [-0.25, -0.2) is 0 Å². The zero-order valence-corrected chi connectivity index (χ0v) is 22.9. The molecule has 0 aromatic heterocycles. The van der Waals surface area contributed by atoms with E-state index in [2.05, 4.69) is 31.1 Å². The molecule has 6 rings (SSSR count). The molecule has 0 saturated heterocycles. The Morgan fingerprint density at radius 3 is 1.97 bits per heavy atom. The average Bonchev–Trinajstić information content (AvgIpc) is 2.77. The summed E-state index contributed by atoms with van der Waals surface area (Å²) in [6.07, 6.45) is 4.95. The minimum atomic E-state index is -1.82. The minimum Gasteiger partial charge on any atom is -0.507 e. The summed E-state index contributed by atoms with van der Waals surface area (Å²) in [5.41, 5.74) is 1.44. The summed E-state index contributed by atoms with van der Waals surface area (Å²) >= 11 is 0. The van der Waals surface area contributed by atoms with E-state index in [9.17, 15) is 24.9 Å². The second kappa shape index (κ2) is 8.05. The maximum atomic E-state index is 13.8. The molecule has 0 aliphatic heterocycles. The van der Waals surface area contributed by atoms with Crippen molar-refractivity contribution in [3.63, 3.8) is 0 Å². The predicted octanol–water partition coefficient (Wildman–Crippen LogP) is 4.72. The Morgan fingerprint density at radius 2 is 1.50 bits per heavy atom. The number of rotatable bonds is 1. The first-order valence-corrected chi connectivity index (χ1v) is 16.4. The quantitative estimate of drug-likeness (QED) is 0.219. The molecule has 36 heavy (non-hydrogen) atoms. The number of carbonyl (C=O) groups excluding carboxylic acids is 2. The third-order valence-corrected chi connectivity index (χ3v) is 8.79. The Balaban J connectivity index is 1.71. The Bertz CT molecular complexity index is 1250. The highest BCUT2D eigenvalue weighted by Gasteiger charge is 2.55. The van der Waals surface area contributed by atoms with E-state index in [1.165, 1.54) is 0 Å². The normalized spacial score (nSPS) is 32.9. The van der Waals surface area contributed by atoms with Gasteiger partial charge in [-0.3, -0.25) is 9.59 Å². The third-order valence-electron chi connectivity index (χ3n) is 7.92. The van der Waals surface area contributed by atoms with E-state index < -0.39 is 37.2 Å². The van der Waals surface area contributed by atoms with Gasteiger partial charge in [-0.15, -0.1) is 5.54 Å². The second-order valence-electron chi connectivity index (χ2n) is 13.0. The number of phenols is 2. The van der Waals surface area contributed by atoms with Gasteiger partial charge in [0.15, 0.2) is 11.6 Å². The molecule has 3 N–H and O–H groups in total. The zero-order chi connectivity index (χ0) is 26.4. The summed E-state index contributed by atoms with van der Waals surface area (Å²) in [5.74, 6) is 0.739. The van der Waals surface area contributed by atoms with E-state index in [0.29, 0.717) is 0 Å². The number of aromatic hydroxyl groups is 2. The maximum absolute atomic E-state index is 13.8. The first-order chi connectivity index (χ1) is 16.6. The molecular weight excluding hydrogens is 472 g/mol. The summed E-state index contributed by atoms with van der Waals surface area (Å²) in [7, 11) is -1.82. The third kappa shape index (κ3) is 4.04. The zero-order valence-electron chi connectivity index (χ0n) is 21.9. The first kappa shape index (κ1) is 25.3. The Hall–Kier alpha value is -2.40. The Morgan fingerprint density at radius 1 is 0.972 bits per heavy atom. The van der Waals surface area contributed by atoms with Crippen LogP contribution in [0.15, 0.2) is 12.2 Å². The largest absolute Gasteiger partial charge is 0.507 e. The first-order valence-electron chi connectivity index (χ1n) is 12.9. The van der Waals surface area contributed by atoms with Crippen LogP contribution in [0.1, 0.15) is 78.0 Å². The van der Waals surface area contributed by atoms with Gasteiger partial charge < -0.3 is 20.1 Å². The summed E-state index contributed by atoms with van der Waals surface area (Å²) in [4.78, 5) is 27.6. The highest BCUT2D eigenvalue weighted by atomic mass is 28.3. The van der Waals surface area contributed by atoms with Crippen molar-refractivity contribution < 1.29 is 29.6 Å². The van der Waals surface area contributed by atoms with Gasteiger partial charge in [-0.05, 0) is 45.4 Å². The van der Waals surface area contributed by atoms with Crippen LogP contribution in [0.3, 0.4) is 0 Å². The van der Waals surface area contributed by atoms with E-state index in [4.69, 9.17) is 4.74 Å². The number of phenolic OH excluding ortho intramolecular Hbond substituents is 2. The summed E-state index contributed by atoms with van der Waals surface area (Å²) in [6, 6.07) is 0. The number of carbonyl (C=O) groups is 2. The molecule has 0 radical (unpaired) electrons. The fourth-order valence-corrected chi connectivity index (χ4v) is 7.15. The smallest absolute Gasteiger partial charge is 0.171 e. The highest BCUT2D eigenvalue weighted by molar-refractivity contribution is 6.83. The molecule has 1 saturated carbocycles. The van der Waals surface area contributed by atoms with Crippen LogP contribution < -0.4 is 0 Å². The predicted molar refractivity (Wildman–Crippen MR) is 139 cm³/mol. The van der Waals surface area contributed by atoms with E-state index in [-0.39, 0.29) is 70.0 Å². The molecule has 6 unspecified atom stereocenters. The Labute approximate surface area is 213 Å². The van der Waals surface area contributed by atoms with Crippen LogP contribution in [0.4, 0.5) is 0 Å². The summed E-state index contributed by atoms with van der Waals surface area (Å²) in [5, 5.41) is 34.7. The van der Waals surface area contributed by atoms with Crippen molar-refractivity contribution in [2.75, 3.05) is 0 Å². The van der Waals surface area contributed by atoms with Crippen molar-refractivity contribution in [1.82, 2.24) is 0 Å². The van der Waals surface area contributed by atoms with Gasteiger partial charge in [0.05, 0.1) is 22.8 Å². The molecule has 192 valence electrons. The molecule has 1 aromatic rings. The van der Waals surface area contributed by atoms with Crippen LogP contribution in [0.5, 0.6) is 11.5 Å². The highest BCUT2D eigenvalue weighted by Crippen LogP contribution is 2.56. The molecule has 6 atom stereocenters. The number of ketones is 2. The van der Waals surface area contributed by atoms with Gasteiger partial charge in [0.25, 0.3) is 0 Å². The van der Waals surface area contributed by atoms with E-state index in [0.717, 1.165) is 12.8 Å². The fraction of sp³-hybridized carbons (Fsp3) is 0.586. The standard InChI is InChI=1S/C29H36O6Si/c1-28(2,3)35-18-14-29(34,11-12-36(4,5)6)13-17-21(18)27(33)23-22(24(17)30)25(31)19-15-7-9-16(10-8-15)20(19)26(23)32/h7,9,15-16,18-20,30,33-34H,8,10,13-14H2,1-6H3. The van der Waals surface area contributed by atoms with Crippen molar-refractivity contribution in [3.05, 3.63) is 34.4 Å². The van der Waals surface area contributed by atoms with Crippen LogP contribution in [-0.4, -0.2) is 46.2 Å².